The molecule has 4 heteroatoms. The lowest BCUT2D eigenvalue weighted by atomic mass is 10.0. The van der Waals surface area contributed by atoms with Gasteiger partial charge in [0.25, 0.3) is 0 Å². The second-order valence-corrected chi connectivity index (χ2v) is 4.57. The summed E-state index contributed by atoms with van der Waals surface area (Å²) in [5.74, 6) is 1.57. The Hall–Kier alpha value is -2.41. The van der Waals surface area contributed by atoms with Crippen LogP contribution in [0.2, 0.25) is 0 Å². The Morgan fingerprint density at radius 3 is 3.00 bits per heavy atom. The van der Waals surface area contributed by atoms with Gasteiger partial charge in [-0.2, -0.15) is 5.26 Å². The van der Waals surface area contributed by atoms with Crippen LogP contribution in [0.3, 0.4) is 0 Å². The Morgan fingerprint density at radius 1 is 1.26 bits per heavy atom. The summed E-state index contributed by atoms with van der Waals surface area (Å²) < 4.78 is 5.60. The molecule has 1 aromatic carbocycles. The molecule has 0 aliphatic carbocycles. The van der Waals surface area contributed by atoms with Gasteiger partial charge in [-0.1, -0.05) is 0 Å². The number of hydrogen-bond acceptors (Lipinski definition) is 4. The lowest BCUT2D eigenvalue weighted by Gasteiger charge is -2.17. The summed E-state index contributed by atoms with van der Waals surface area (Å²) in [6.45, 7) is 2.59. The van der Waals surface area contributed by atoms with E-state index >= 15 is 0 Å². The maximum absolute atomic E-state index is 8.97. The van der Waals surface area contributed by atoms with Crippen LogP contribution in [-0.2, 0) is 6.42 Å². The number of aromatic nitrogens is 2. The number of fused-ring (bicyclic) bond motifs is 1. The predicted octanol–water partition coefficient (Wildman–Crippen LogP) is 2.65. The minimum atomic E-state index is 0.400. The fourth-order valence-electron chi connectivity index (χ4n) is 2.29. The standard InChI is InChI=1S/C15H13N3O/c1-10-17-13(9-16)8-14(18-10)11-4-5-15-12(7-11)3-2-6-19-15/h4-5,7-8H,2-3,6H2,1H3. The van der Waals surface area contributed by atoms with Crippen molar-refractivity contribution in [1.82, 2.24) is 9.97 Å². The Morgan fingerprint density at radius 2 is 2.16 bits per heavy atom. The summed E-state index contributed by atoms with van der Waals surface area (Å²) in [5, 5.41) is 8.97. The van der Waals surface area contributed by atoms with Crippen molar-refractivity contribution in [2.75, 3.05) is 6.61 Å². The first-order chi connectivity index (χ1) is 9.26. The first-order valence-electron chi connectivity index (χ1n) is 6.28. The highest BCUT2D eigenvalue weighted by Crippen LogP contribution is 2.29. The third kappa shape index (κ3) is 2.27. The molecule has 4 nitrogen and oxygen atoms in total. The smallest absolute Gasteiger partial charge is 0.144 e. The maximum Gasteiger partial charge on any atom is 0.144 e. The number of ether oxygens (including phenoxy) is 1. The number of nitriles is 1. The highest BCUT2D eigenvalue weighted by atomic mass is 16.5. The molecule has 1 aromatic heterocycles. The molecule has 19 heavy (non-hydrogen) atoms. The molecule has 0 atom stereocenters. The van der Waals surface area contributed by atoms with Crippen molar-refractivity contribution in [3.05, 3.63) is 41.3 Å². The third-order valence-corrected chi connectivity index (χ3v) is 3.16. The topological polar surface area (TPSA) is 58.8 Å². The SMILES string of the molecule is Cc1nc(C#N)cc(-c2ccc3c(c2)CCCO3)n1. The minimum Gasteiger partial charge on any atom is -0.493 e. The zero-order chi connectivity index (χ0) is 13.2. The Balaban J connectivity index is 2.07. The average Bonchev–Trinajstić information content (AvgIpc) is 2.46. The zero-order valence-corrected chi connectivity index (χ0v) is 10.7. The fourth-order valence-corrected chi connectivity index (χ4v) is 2.29. The van der Waals surface area contributed by atoms with E-state index in [0.717, 1.165) is 36.5 Å². The normalized spacial score (nSPS) is 13.3. The van der Waals surface area contributed by atoms with Gasteiger partial charge in [0.2, 0.25) is 0 Å². The van der Waals surface area contributed by atoms with Crippen LogP contribution in [0, 0.1) is 18.3 Å². The van der Waals surface area contributed by atoms with E-state index in [1.807, 2.05) is 12.1 Å². The molecule has 0 bridgehead atoms. The molecule has 0 saturated carbocycles. The van der Waals surface area contributed by atoms with E-state index in [2.05, 4.69) is 22.1 Å². The molecular formula is C15H13N3O. The van der Waals surface area contributed by atoms with Crippen LogP contribution in [0.25, 0.3) is 11.3 Å². The molecule has 1 aliphatic heterocycles. The number of nitrogens with zero attached hydrogens (tertiary/aromatic N) is 3. The van der Waals surface area contributed by atoms with Gasteiger partial charge in [-0.15, -0.1) is 0 Å². The van der Waals surface area contributed by atoms with Gasteiger partial charge >= 0.3 is 0 Å². The third-order valence-electron chi connectivity index (χ3n) is 3.16. The highest BCUT2D eigenvalue weighted by molar-refractivity contribution is 5.63. The zero-order valence-electron chi connectivity index (χ0n) is 10.7. The summed E-state index contributed by atoms with van der Waals surface area (Å²) in [5.41, 5.74) is 3.40. The molecule has 0 N–H and O–H groups in total. The summed E-state index contributed by atoms with van der Waals surface area (Å²) in [7, 11) is 0. The van der Waals surface area contributed by atoms with Gasteiger partial charge in [-0.3, -0.25) is 0 Å². The van der Waals surface area contributed by atoms with Gasteiger partial charge < -0.3 is 4.74 Å². The molecule has 0 unspecified atom stereocenters. The van der Waals surface area contributed by atoms with Crippen LogP contribution in [0.5, 0.6) is 5.75 Å². The molecule has 0 fully saturated rings. The second kappa shape index (κ2) is 4.69. The summed E-state index contributed by atoms with van der Waals surface area (Å²) >= 11 is 0. The fraction of sp³-hybridized carbons (Fsp3) is 0.267. The van der Waals surface area contributed by atoms with Crippen molar-refractivity contribution in [1.29, 1.82) is 5.26 Å². The van der Waals surface area contributed by atoms with Crippen LogP contribution in [0.15, 0.2) is 24.3 Å². The van der Waals surface area contributed by atoms with Crippen LogP contribution in [0.4, 0.5) is 0 Å². The number of benzene rings is 1. The molecule has 0 radical (unpaired) electrons. The van der Waals surface area contributed by atoms with E-state index in [0.29, 0.717) is 11.5 Å². The summed E-state index contributed by atoms with van der Waals surface area (Å²) in [6.07, 6.45) is 2.07. The average molecular weight is 251 g/mol. The Bertz CT molecular complexity index is 674. The van der Waals surface area contributed by atoms with Gasteiger partial charge in [0, 0.05) is 11.6 Å². The summed E-state index contributed by atoms with van der Waals surface area (Å²) in [4.78, 5) is 8.47. The van der Waals surface area contributed by atoms with Gasteiger partial charge in [-0.25, -0.2) is 9.97 Å². The number of rotatable bonds is 1. The van der Waals surface area contributed by atoms with Crippen LogP contribution in [-0.4, -0.2) is 16.6 Å². The van der Waals surface area contributed by atoms with E-state index in [1.54, 1.807) is 13.0 Å². The largest absolute Gasteiger partial charge is 0.493 e. The molecular weight excluding hydrogens is 238 g/mol. The van der Waals surface area contributed by atoms with Crippen molar-refractivity contribution in [3.63, 3.8) is 0 Å². The number of hydrogen-bond donors (Lipinski definition) is 0. The van der Waals surface area contributed by atoms with Crippen LogP contribution >= 0.6 is 0 Å². The molecule has 0 saturated heterocycles. The lowest BCUT2D eigenvalue weighted by Crippen LogP contribution is -2.08. The first-order valence-corrected chi connectivity index (χ1v) is 6.28. The molecule has 3 rings (SSSR count). The van der Waals surface area contributed by atoms with Crippen molar-refractivity contribution in [2.24, 2.45) is 0 Å². The maximum atomic E-state index is 8.97. The number of aryl methyl sites for hydroxylation is 2. The quantitative estimate of drug-likeness (QED) is 0.781. The van der Waals surface area contributed by atoms with Gasteiger partial charge in [0.1, 0.15) is 23.3 Å². The predicted molar refractivity (Wildman–Crippen MR) is 70.7 cm³/mol. The molecule has 94 valence electrons. The van der Waals surface area contributed by atoms with E-state index < -0.39 is 0 Å². The highest BCUT2D eigenvalue weighted by Gasteiger charge is 2.12. The summed E-state index contributed by atoms with van der Waals surface area (Å²) in [6, 6.07) is 9.84. The van der Waals surface area contributed by atoms with Crippen molar-refractivity contribution in [3.8, 4) is 23.1 Å². The van der Waals surface area contributed by atoms with E-state index in [9.17, 15) is 0 Å². The Kier molecular flexibility index (Phi) is 2.88. The monoisotopic (exact) mass is 251 g/mol. The first kappa shape index (κ1) is 11.7. The van der Waals surface area contributed by atoms with Crippen LogP contribution in [0.1, 0.15) is 23.5 Å². The molecule has 0 amide bonds. The van der Waals surface area contributed by atoms with Crippen LogP contribution < -0.4 is 4.74 Å². The molecule has 1 aliphatic rings. The Labute approximate surface area is 111 Å². The molecule has 0 spiro atoms. The van der Waals surface area contributed by atoms with E-state index in [-0.39, 0.29) is 0 Å². The van der Waals surface area contributed by atoms with Gasteiger partial charge in [0.05, 0.1) is 12.3 Å². The van der Waals surface area contributed by atoms with Crippen molar-refractivity contribution >= 4 is 0 Å². The van der Waals surface area contributed by atoms with Crippen molar-refractivity contribution in [2.45, 2.75) is 19.8 Å². The van der Waals surface area contributed by atoms with Gasteiger partial charge in [-0.05, 0) is 43.5 Å². The minimum absolute atomic E-state index is 0.400. The van der Waals surface area contributed by atoms with E-state index in [4.69, 9.17) is 10.00 Å². The van der Waals surface area contributed by atoms with Crippen molar-refractivity contribution < 1.29 is 4.74 Å². The molecule has 2 heterocycles. The van der Waals surface area contributed by atoms with Gasteiger partial charge in [0.15, 0.2) is 0 Å². The van der Waals surface area contributed by atoms with E-state index in [1.165, 1.54) is 5.56 Å². The molecule has 2 aromatic rings. The lowest BCUT2D eigenvalue weighted by molar-refractivity contribution is 0.288. The second-order valence-electron chi connectivity index (χ2n) is 4.57.